The fraction of sp³-hybridized carbons (Fsp3) is 0.235. The Bertz CT molecular complexity index is 660. The van der Waals surface area contributed by atoms with E-state index in [4.69, 9.17) is 16.3 Å². The molecule has 1 amide bonds. The van der Waals surface area contributed by atoms with Gasteiger partial charge in [0, 0.05) is 6.04 Å². The van der Waals surface area contributed by atoms with Crippen LogP contribution in [0.5, 0.6) is 0 Å². The summed E-state index contributed by atoms with van der Waals surface area (Å²) in [5.74, 6) is -0.423. The van der Waals surface area contributed by atoms with Gasteiger partial charge in [-0.1, -0.05) is 41.9 Å². The number of benzene rings is 2. The molecule has 0 bridgehead atoms. The van der Waals surface area contributed by atoms with Gasteiger partial charge >= 0.3 is 6.09 Å². The Balaban J connectivity index is 1.53. The van der Waals surface area contributed by atoms with Crippen molar-refractivity contribution in [2.75, 3.05) is 0 Å². The average Bonchev–Trinajstić information content (AvgIpc) is 2.88. The number of nitrogens with one attached hydrogen (secondary N) is 1. The molecule has 0 fully saturated rings. The number of carbonyl (C=O) groups excluding carboxylic acids is 1. The van der Waals surface area contributed by atoms with Gasteiger partial charge in [0.2, 0.25) is 0 Å². The number of alkyl carbamates (subject to hydrolysis) is 1. The first-order valence-corrected chi connectivity index (χ1v) is 7.43. The molecule has 1 aliphatic carbocycles. The lowest BCUT2D eigenvalue weighted by molar-refractivity contribution is 0.136. The molecule has 1 aliphatic rings. The second-order valence-corrected chi connectivity index (χ2v) is 5.75. The molecule has 0 heterocycles. The van der Waals surface area contributed by atoms with Gasteiger partial charge in [-0.15, -0.1) is 0 Å². The molecule has 0 radical (unpaired) electrons. The minimum atomic E-state index is -0.465. The van der Waals surface area contributed by atoms with Crippen LogP contribution in [0, 0.1) is 5.82 Å². The van der Waals surface area contributed by atoms with Crippen molar-refractivity contribution in [3.05, 3.63) is 70.0 Å². The van der Waals surface area contributed by atoms with E-state index in [1.807, 2.05) is 30.3 Å². The third-order valence-corrected chi connectivity index (χ3v) is 4.00. The first-order chi connectivity index (χ1) is 10.6. The van der Waals surface area contributed by atoms with Crippen LogP contribution in [0.3, 0.4) is 0 Å². The van der Waals surface area contributed by atoms with Gasteiger partial charge in [-0.2, -0.15) is 0 Å². The molecule has 2 aromatic rings. The van der Waals surface area contributed by atoms with Crippen LogP contribution in [0.1, 0.15) is 16.7 Å². The Kier molecular flexibility index (Phi) is 4.29. The molecule has 22 heavy (non-hydrogen) atoms. The summed E-state index contributed by atoms with van der Waals surface area (Å²) < 4.78 is 18.6. The molecule has 114 valence electrons. The van der Waals surface area contributed by atoms with Gasteiger partial charge in [0.25, 0.3) is 0 Å². The van der Waals surface area contributed by atoms with Crippen molar-refractivity contribution in [2.24, 2.45) is 0 Å². The molecule has 0 aromatic heterocycles. The Morgan fingerprint density at radius 1 is 1.23 bits per heavy atom. The van der Waals surface area contributed by atoms with E-state index in [-0.39, 0.29) is 17.7 Å². The number of amides is 1. The number of hydrogen-bond donors (Lipinski definition) is 1. The molecular formula is C17H15ClFNO2. The number of hydrogen-bond acceptors (Lipinski definition) is 2. The SMILES string of the molecule is O=C(NC1Cc2cc(F)c(Cl)cc2C1)OCc1ccccc1. The minimum absolute atomic E-state index is 0.0869. The molecule has 2 aromatic carbocycles. The lowest BCUT2D eigenvalue weighted by Gasteiger charge is -2.12. The second kappa shape index (κ2) is 6.36. The predicted octanol–water partition coefficient (Wildman–Crippen LogP) is 3.87. The van der Waals surface area contributed by atoms with Gasteiger partial charge in [0.1, 0.15) is 12.4 Å². The molecule has 1 atom stereocenters. The standard InChI is InChI=1S/C17H15ClFNO2/c18-15-8-12-6-14(7-13(12)9-16(15)19)20-17(21)22-10-11-4-2-1-3-5-11/h1-5,8-9,14H,6-7,10H2,(H,20,21). The largest absolute Gasteiger partial charge is 0.445 e. The van der Waals surface area contributed by atoms with Crippen LogP contribution in [-0.4, -0.2) is 12.1 Å². The maximum Gasteiger partial charge on any atom is 0.407 e. The highest BCUT2D eigenvalue weighted by Gasteiger charge is 2.24. The van der Waals surface area contributed by atoms with E-state index < -0.39 is 11.9 Å². The summed E-state index contributed by atoms with van der Waals surface area (Å²) in [6, 6.07) is 12.5. The molecule has 0 aliphatic heterocycles. The second-order valence-electron chi connectivity index (χ2n) is 5.35. The quantitative estimate of drug-likeness (QED) is 0.932. The molecular weight excluding hydrogens is 305 g/mol. The lowest BCUT2D eigenvalue weighted by Crippen LogP contribution is -2.35. The van der Waals surface area contributed by atoms with Gasteiger partial charge in [-0.05, 0) is 41.7 Å². The minimum Gasteiger partial charge on any atom is -0.445 e. The van der Waals surface area contributed by atoms with E-state index in [0.717, 1.165) is 16.7 Å². The van der Waals surface area contributed by atoms with Crippen molar-refractivity contribution in [1.29, 1.82) is 0 Å². The van der Waals surface area contributed by atoms with E-state index in [1.165, 1.54) is 6.07 Å². The van der Waals surface area contributed by atoms with E-state index >= 15 is 0 Å². The van der Waals surface area contributed by atoms with Crippen molar-refractivity contribution in [2.45, 2.75) is 25.5 Å². The van der Waals surface area contributed by atoms with Crippen molar-refractivity contribution < 1.29 is 13.9 Å². The predicted molar refractivity (Wildman–Crippen MR) is 82.4 cm³/mol. The van der Waals surface area contributed by atoms with Gasteiger partial charge in [-0.3, -0.25) is 0 Å². The summed E-state index contributed by atoms with van der Waals surface area (Å²) in [7, 11) is 0. The monoisotopic (exact) mass is 319 g/mol. The fourth-order valence-corrected chi connectivity index (χ4v) is 2.83. The third kappa shape index (κ3) is 3.39. The van der Waals surface area contributed by atoms with Crippen molar-refractivity contribution in [1.82, 2.24) is 5.32 Å². The average molecular weight is 320 g/mol. The number of fused-ring (bicyclic) bond motifs is 1. The Morgan fingerprint density at radius 2 is 1.91 bits per heavy atom. The van der Waals surface area contributed by atoms with Crippen LogP contribution in [-0.2, 0) is 24.2 Å². The summed E-state index contributed by atoms with van der Waals surface area (Å²) in [5, 5.41) is 2.92. The zero-order valence-corrected chi connectivity index (χ0v) is 12.6. The number of carbonyl (C=O) groups is 1. The molecule has 1 unspecified atom stereocenters. The van der Waals surface area contributed by atoms with Crippen molar-refractivity contribution >= 4 is 17.7 Å². The summed E-state index contributed by atoms with van der Waals surface area (Å²) in [6.07, 6.45) is 0.757. The first kappa shape index (κ1) is 14.9. The fourth-order valence-electron chi connectivity index (χ4n) is 2.65. The molecule has 5 heteroatoms. The van der Waals surface area contributed by atoms with Gasteiger partial charge < -0.3 is 10.1 Å². The van der Waals surface area contributed by atoms with Crippen LogP contribution in [0.2, 0.25) is 5.02 Å². The molecule has 1 N–H and O–H groups in total. The third-order valence-electron chi connectivity index (χ3n) is 3.71. The van der Waals surface area contributed by atoms with Crippen molar-refractivity contribution in [3.8, 4) is 0 Å². The smallest absolute Gasteiger partial charge is 0.407 e. The van der Waals surface area contributed by atoms with E-state index in [1.54, 1.807) is 6.07 Å². The summed E-state index contributed by atoms with van der Waals surface area (Å²) in [5.41, 5.74) is 2.79. The highest BCUT2D eigenvalue weighted by Crippen LogP contribution is 2.27. The van der Waals surface area contributed by atoms with Crippen LogP contribution in [0.25, 0.3) is 0 Å². The maximum atomic E-state index is 13.4. The highest BCUT2D eigenvalue weighted by atomic mass is 35.5. The number of rotatable bonds is 3. The van der Waals surface area contributed by atoms with Gasteiger partial charge in [0.15, 0.2) is 0 Å². The zero-order valence-electron chi connectivity index (χ0n) is 11.8. The van der Waals surface area contributed by atoms with Crippen LogP contribution < -0.4 is 5.32 Å². The van der Waals surface area contributed by atoms with Crippen LogP contribution >= 0.6 is 11.6 Å². The van der Waals surface area contributed by atoms with Crippen molar-refractivity contribution in [3.63, 3.8) is 0 Å². The van der Waals surface area contributed by atoms with Gasteiger partial charge in [0.05, 0.1) is 5.02 Å². The molecule has 3 rings (SSSR count). The van der Waals surface area contributed by atoms with Gasteiger partial charge in [-0.25, -0.2) is 9.18 Å². The summed E-state index contributed by atoms with van der Waals surface area (Å²) in [4.78, 5) is 11.8. The van der Waals surface area contributed by atoms with E-state index in [0.29, 0.717) is 12.8 Å². The number of ether oxygens (including phenoxy) is 1. The van der Waals surface area contributed by atoms with Crippen LogP contribution in [0.4, 0.5) is 9.18 Å². The van der Waals surface area contributed by atoms with E-state index in [2.05, 4.69) is 5.32 Å². The Morgan fingerprint density at radius 3 is 2.64 bits per heavy atom. The van der Waals surface area contributed by atoms with Crippen LogP contribution in [0.15, 0.2) is 42.5 Å². The zero-order chi connectivity index (χ0) is 15.5. The molecule has 0 saturated carbocycles. The normalized spacial score (nSPS) is 16.2. The lowest BCUT2D eigenvalue weighted by atomic mass is 10.1. The highest BCUT2D eigenvalue weighted by molar-refractivity contribution is 6.30. The first-order valence-electron chi connectivity index (χ1n) is 7.06. The topological polar surface area (TPSA) is 38.3 Å². The Labute approximate surface area is 133 Å². The van der Waals surface area contributed by atoms with E-state index in [9.17, 15) is 9.18 Å². The molecule has 0 spiro atoms. The molecule has 0 saturated heterocycles. The number of halogens is 2. The summed E-state index contributed by atoms with van der Waals surface area (Å²) >= 11 is 5.78. The Hall–Kier alpha value is -2.07. The maximum absolute atomic E-state index is 13.4. The molecule has 3 nitrogen and oxygen atoms in total. The summed E-state index contributed by atoms with van der Waals surface area (Å²) in [6.45, 7) is 0.229.